The second-order valence-corrected chi connectivity index (χ2v) is 2.23. The van der Waals surface area contributed by atoms with E-state index in [1.54, 1.807) is 0 Å². The van der Waals surface area contributed by atoms with Crippen molar-refractivity contribution >= 4 is 11.8 Å². The second-order valence-electron chi connectivity index (χ2n) is 2.23. The van der Waals surface area contributed by atoms with Crippen LogP contribution in [0.1, 0.15) is 5.56 Å². The highest BCUT2D eigenvalue weighted by Gasteiger charge is 2.09. The predicted octanol–water partition coefficient (Wildman–Crippen LogP) is 2.24. The second kappa shape index (κ2) is 3.24. The van der Waals surface area contributed by atoms with Crippen molar-refractivity contribution in [1.82, 2.24) is 0 Å². The molecule has 0 unspecified atom stereocenters. The third-order valence-corrected chi connectivity index (χ3v) is 1.42. The van der Waals surface area contributed by atoms with Crippen LogP contribution in [-0.4, -0.2) is 6.08 Å². The Labute approximate surface area is 67.5 Å². The van der Waals surface area contributed by atoms with E-state index in [0.29, 0.717) is 0 Å². The number of halogens is 2. The largest absolute Gasteiger partial charge is 0.240 e. The molecule has 0 radical (unpaired) electrons. The number of aliphatic imine (C=N–C) groups is 1. The third kappa shape index (κ3) is 1.38. The molecule has 0 aliphatic rings. The molecular weight excluding hydrogens is 164 g/mol. The van der Waals surface area contributed by atoms with E-state index in [1.807, 2.05) is 0 Å². The van der Waals surface area contributed by atoms with Gasteiger partial charge in [-0.2, -0.15) is 4.99 Å². The number of carbonyl (C=O) groups excluding carboxylic acids is 1. The standard InChI is InChI=1S/C8H5F2NO/c1-5-2-3-6(11-4-12)8(10)7(5)9/h2-3H,1H3. The number of aryl methyl sites for hydroxylation is 1. The van der Waals surface area contributed by atoms with Crippen LogP contribution in [0.3, 0.4) is 0 Å². The summed E-state index contributed by atoms with van der Waals surface area (Å²) in [6.45, 7) is 1.42. The highest BCUT2D eigenvalue weighted by molar-refractivity contribution is 5.50. The molecule has 62 valence electrons. The predicted molar refractivity (Wildman–Crippen MR) is 38.9 cm³/mol. The van der Waals surface area contributed by atoms with Crippen LogP contribution in [0.15, 0.2) is 17.1 Å². The maximum absolute atomic E-state index is 12.8. The minimum atomic E-state index is -1.11. The summed E-state index contributed by atoms with van der Waals surface area (Å²) in [5.74, 6) is -2.09. The summed E-state index contributed by atoms with van der Waals surface area (Å²) in [5.41, 5.74) is -0.148. The van der Waals surface area contributed by atoms with E-state index < -0.39 is 11.6 Å². The van der Waals surface area contributed by atoms with Gasteiger partial charge in [-0.15, -0.1) is 0 Å². The van der Waals surface area contributed by atoms with E-state index in [2.05, 4.69) is 4.99 Å². The molecule has 0 heterocycles. The lowest BCUT2D eigenvalue weighted by molar-refractivity contribution is 0.504. The fourth-order valence-corrected chi connectivity index (χ4v) is 0.771. The quantitative estimate of drug-likeness (QED) is 0.468. The van der Waals surface area contributed by atoms with E-state index in [-0.39, 0.29) is 11.3 Å². The van der Waals surface area contributed by atoms with Crippen LogP contribution in [0.2, 0.25) is 0 Å². The number of rotatable bonds is 1. The van der Waals surface area contributed by atoms with Crippen LogP contribution >= 0.6 is 0 Å². The van der Waals surface area contributed by atoms with Gasteiger partial charge in [-0.05, 0) is 18.6 Å². The van der Waals surface area contributed by atoms with Gasteiger partial charge in [0.1, 0.15) is 5.69 Å². The molecule has 0 saturated carbocycles. The van der Waals surface area contributed by atoms with Crippen LogP contribution in [-0.2, 0) is 4.79 Å². The Hall–Kier alpha value is -1.54. The molecule has 0 aliphatic carbocycles. The van der Waals surface area contributed by atoms with E-state index >= 15 is 0 Å². The summed E-state index contributed by atoms with van der Waals surface area (Å²) in [6.07, 6.45) is 1.14. The third-order valence-electron chi connectivity index (χ3n) is 1.42. The summed E-state index contributed by atoms with van der Waals surface area (Å²) in [6, 6.07) is 2.56. The zero-order chi connectivity index (χ0) is 9.14. The number of isocyanates is 1. The molecule has 1 rings (SSSR count). The van der Waals surface area contributed by atoms with E-state index in [0.717, 1.165) is 6.08 Å². The Bertz CT molecular complexity index is 356. The number of hydrogen-bond acceptors (Lipinski definition) is 2. The summed E-state index contributed by atoms with van der Waals surface area (Å²) in [7, 11) is 0. The van der Waals surface area contributed by atoms with Crippen LogP contribution in [0, 0.1) is 18.6 Å². The summed E-state index contributed by atoms with van der Waals surface area (Å²) in [5, 5.41) is 0. The van der Waals surface area contributed by atoms with Crippen molar-refractivity contribution in [3.05, 3.63) is 29.3 Å². The normalized spacial score (nSPS) is 9.25. The topological polar surface area (TPSA) is 29.4 Å². The molecular formula is C8H5F2NO. The number of hydrogen-bond donors (Lipinski definition) is 0. The average molecular weight is 169 g/mol. The Kier molecular flexibility index (Phi) is 2.31. The minimum Gasteiger partial charge on any atom is -0.211 e. The first-order valence-electron chi connectivity index (χ1n) is 3.19. The molecule has 0 bridgehead atoms. The van der Waals surface area contributed by atoms with Crippen LogP contribution in [0.25, 0.3) is 0 Å². The van der Waals surface area contributed by atoms with Crippen molar-refractivity contribution in [3.8, 4) is 0 Å². The molecule has 1 aromatic carbocycles. The maximum atomic E-state index is 12.8. The van der Waals surface area contributed by atoms with E-state index in [4.69, 9.17) is 0 Å². The van der Waals surface area contributed by atoms with Gasteiger partial charge in [0, 0.05) is 0 Å². The molecule has 0 amide bonds. The minimum absolute atomic E-state index is 0.178. The molecule has 0 saturated heterocycles. The first-order valence-corrected chi connectivity index (χ1v) is 3.19. The molecule has 0 N–H and O–H groups in total. The van der Waals surface area contributed by atoms with Crippen molar-refractivity contribution < 1.29 is 13.6 Å². The van der Waals surface area contributed by atoms with Gasteiger partial charge in [-0.3, -0.25) is 0 Å². The fraction of sp³-hybridized carbons (Fsp3) is 0.125. The zero-order valence-corrected chi connectivity index (χ0v) is 6.27. The van der Waals surface area contributed by atoms with Gasteiger partial charge in [0.25, 0.3) is 0 Å². The van der Waals surface area contributed by atoms with Crippen molar-refractivity contribution in [2.24, 2.45) is 4.99 Å². The van der Waals surface area contributed by atoms with Crippen molar-refractivity contribution in [2.45, 2.75) is 6.92 Å². The molecule has 1 aromatic rings. The summed E-state index contributed by atoms with van der Waals surface area (Å²) < 4.78 is 25.6. The lowest BCUT2D eigenvalue weighted by Gasteiger charge is -1.98. The van der Waals surface area contributed by atoms with Crippen LogP contribution in [0.4, 0.5) is 14.5 Å². The van der Waals surface area contributed by atoms with Crippen LogP contribution in [0.5, 0.6) is 0 Å². The Morgan fingerprint density at radius 1 is 1.33 bits per heavy atom. The first-order chi connectivity index (χ1) is 5.66. The SMILES string of the molecule is Cc1ccc(N=C=O)c(F)c1F. The van der Waals surface area contributed by atoms with Gasteiger partial charge in [-0.25, -0.2) is 13.6 Å². The zero-order valence-electron chi connectivity index (χ0n) is 6.27. The van der Waals surface area contributed by atoms with Gasteiger partial charge in [-0.1, -0.05) is 6.07 Å². The average Bonchev–Trinajstić information content (AvgIpc) is 2.07. The molecule has 0 fully saturated rings. The molecule has 0 atom stereocenters. The van der Waals surface area contributed by atoms with Crippen molar-refractivity contribution in [1.29, 1.82) is 0 Å². The van der Waals surface area contributed by atoms with Crippen molar-refractivity contribution in [2.75, 3.05) is 0 Å². The fourth-order valence-electron chi connectivity index (χ4n) is 0.771. The van der Waals surface area contributed by atoms with Gasteiger partial charge in [0.15, 0.2) is 11.6 Å². The highest BCUT2D eigenvalue weighted by atomic mass is 19.2. The molecule has 0 spiro atoms. The lowest BCUT2D eigenvalue weighted by Crippen LogP contribution is -1.88. The number of benzene rings is 1. The highest BCUT2D eigenvalue weighted by Crippen LogP contribution is 2.21. The smallest absolute Gasteiger partial charge is 0.211 e. The molecule has 12 heavy (non-hydrogen) atoms. The van der Waals surface area contributed by atoms with Crippen molar-refractivity contribution in [3.63, 3.8) is 0 Å². The molecule has 2 nitrogen and oxygen atoms in total. The van der Waals surface area contributed by atoms with Crippen LogP contribution < -0.4 is 0 Å². The molecule has 0 aromatic heterocycles. The van der Waals surface area contributed by atoms with Gasteiger partial charge < -0.3 is 0 Å². The van der Waals surface area contributed by atoms with E-state index in [1.165, 1.54) is 19.1 Å². The number of nitrogens with zero attached hydrogens (tertiary/aromatic N) is 1. The van der Waals surface area contributed by atoms with Gasteiger partial charge in [0.2, 0.25) is 6.08 Å². The van der Waals surface area contributed by atoms with E-state index in [9.17, 15) is 13.6 Å². The maximum Gasteiger partial charge on any atom is 0.240 e. The Balaban J connectivity index is 3.35. The molecule has 4 heteroatoms. The summed E-state index contributed by atoms with van der Waals surface area (Å²) >= 11 is 0. The van der Waals surface area contributed by atoms with Gasteiger partial charge in [0.05, 0.1) is 0 Å². The van der Waals surface area contributed by atoms with Gasteiger partial charge >= 0.3 is 0 Å². The Morgan fingerprint density at radius 3 is 2.58 bits per heavy atom. The first kappa shape index (κ1) is 8.56. The monoisotopic (exact) mass is 169 g/mol. The Morgan fingerprint density at radius 2 is 2.00 bits per heavy atom. The summed E-state index contributed by atoms with van der Waals surface area (Å²) in [4.78, 5) is 12.7. The lowest BCUT2D eigenvalue weighted by atomic mass is 10.2. The molecule has 0 aliphatic heterocycles.